The van der Waals surface area contributed by atoms with Gasteiger partial charge in [0, 0.05) is 0 Å². The molecule has 0 aliphatic carbocycles. The Morgan fingerprint density at radius 1 is 1.15 bits per heavy atom. The highest BCUT2D eigenvalue weighted by atomic mass is 127. The maximum atomic E-state index is 14.4. The van der Waals surface area contributed by atoms with Crippen molar-refractivity contribution in [1.29, 1.82) is 0 Å². The maximum Gasteiger partial charge on any atom is 0.183 e. The average Bonchev–Trinajstić information content (AvgIpc) is 2.46. The van der Waals surface area contributed by atoms with Crippen LogP contribution in [0.5, 0.6) is 5.75 Å². The van der Waals surface area contributed by atoms with Gasteiger partial charge in [-0.1, -0.05) is 37.4 Å². The Balaban J connectivity index is 2.79. The van der Waals surface area contributed by atoms with Gasteiger partial charge in [0.25, 0.3) is 0 Å². The highest BCUT2D eigenvalue weighted by molar-refractivity contribution is 14.2. The number of halogens is 4. The second-order valence-electron chi connectivity index (χ2n) is 3.91. The average molecular weight is 393 g/mol. The van der Waals surface area contributed by atoms with Gasteiger partial charge in [0.2, 0.25) is 0 Å². The number of anilines is 1. The van der Waals surface area contributed by atoms with E-state index in [1.807, 2.05) is 0 Å². The Labute approximate surface area is 124 Å². The Morgan fingerprint density at radius 2 is 1.85 bits per heavy atom. The van der Waals surface area contributed by atoms with Crippen LogP contribution in [-0.2, 0) is 0 Å². The smallest absolute Gasteiger partial charge is 0.183 e. The van der Waals surface area contributed by atoms with Gasteiger partial charge in [-0.05, 0) is 17.7 Å². The number of rotatable bonds is 3. The van der Waals surface area contributed by atoms with Crippen molar-refractivity contribution in [3.63, 3.8) is 0 Å². The predicted molar refractivity (Wildman–Crippen MR) is 82.6 cm³/mol. The van der Waals surface area contributed by atoms with Gasteiger partial charge in [-0.2, -0.15) is 0 Å². The molecule has 0 saturated heterocycles. The van der Waals surface area contributed by atoms with E-state index >= 15 is 0 Å². The Kier molecular flexibility index (Phi) is 4.32. The normalized spacial score (nSPS) is 10.6. The van der Waals surface area contributed by atoms with E-state index < -0.39 is 49.4 Å². The number of hydrogen-bond donors (Lipinski definition) is 1. The quantitative estimate of drug-likeness (QED) is 0.487. The van der Waals surface area contributed by atoms with E-state index in [0.29, 0.717) is 5.75 Å². The molecule has 20 heavy (non-hydrogen) atoms. The van der Waals surface area contributed by atoms with E-state index in [1.165, 1.54) is 19.2 Å². The molecular weight excluding hydrogens is 382 g/mol. The van der Waals surface area contributed by atoms with Crippen LogP contribution in [0.2, 0.25) is 0 Å². The van der Waals surface area contributed by atoms with Crippen molar-refractivity contribution >= 4 is 30.9 Å². The highest BCUT2D eigenvalue weighted by Gasteiger charge is 2.23. The van der Waals surface area contributed by atoms with Gasteiger partial charge in [0.05, 0.1) is 21.9 Å². The van der Waals surface area contributed by atoms with Crippen molar-refractivity contribution in [1.82, 2.24) is 0 Å². The molecule has 2 rings (SSSR count). The van der Waals surface area contributed by atoms with E-state index in [9.17, 15) is 13.2 Å². The molecule has 0 fully saturated rings. The van der Waals surface area contributed by atoms with Crippen LogP contribution in [0.25, 0.3) is 11.1 Å². The first-order valence-electron chi connectivity index (χ1n) is 5.50. The minimum absolute atomic E-state index is 0.0273. The molecule has 106 valence electrons. The number of nitrogen functional groups attached to an aromatic ring is 1. The number of nitrogens with two attached hydrogens (primary N) is 1. The molecule has 2 aromatic rings. The molecule has 0 amide bonds. The number of ether oxygens (including phenoxy) is 1. The summed E-state index contributed by atoms with van der Waals surface area (Å²) in [4.78, 5) is 0. The molecule has 0 heterocycles. The summed E-state index contributed by atoms with van der Waals surface area (Å²) < 4.78 is 50.7. The lowest BCUT2D eigenvalue weighted by Gasteiger charge is -2.12. The van der Waals surface area contributed by atoms with Crippen LogP contribution in [0.15, 0.2) is 24.3 Å². The zero-order valence-corrected chi connectivity index (χ0v) is 12.7. The molecule has 0 atom stereocenters. The number of methoxy groups -OCH3 is 1. The molecule has 2 aromatic carbocycles. The van der Waals surface area contributed by atoms with Crippen molar-refractivity contribution in [3.05, 3.63) is 45.3 Å². The molecule has 0 spiro atoms. The molecule has 2 N–H and O–H groups in total. The summed E-state index contributed by atoms with van der Waals surface area (Å²) in [6.45, 7) is 0. The lowest BCUT2D eigenvalue weighted by Crippen LogP contribution is -2.05. The summed E-state index contributed by atoms with van der Waals surface area (Å²) in [6, 6.07) is 6.11. The van der Waals surface area contributed by atoms with E-state index in [-0.39, 0.29) is 9.13 Å². The second-order valence-corrected chi connectivity index (χ2v) is 5.75. The molecule has 0 aromatic heterocycles. The molecule has 2 nitrogen and oxygen atoms in total. The molecule has 0 aliphatic heterocycles. The van der Waals surface area contributed by atoms with Crippen LogP contribution in [0, 0.1) is 21.0 Å². The van der Waals surface area contributed by atoms with Gasteiger partial charge in [-0.25, -0.2) is 13.2 Å². The highest BCUT2D eigenvalue weighted by Crippen LogP contribution is 2.36. The topological polar surface area (TPSA) is 35.2 Å². The molecule has 0 saturated carbocycles. The summed E-state index contributed by atoms with van der Waals surface area (Å²) in [6.07, 6.45) is 0. The van der Waals surface area contributed by atoms with Gasteiger partial charge in [-0.15, -0.1) is 0 Å². The summed E-state index contributed by atoms with van der Waals surface area (Å²) in [5, 5.41) is 0. The number of hydrogen-bond acceptors (Lipinski definition) is 2. The summed E-state index contributed by atoms with van der Waals surface area (Å²) in [5.74, 6) is -2.96. The van der Waals surface area contributed by atoms with Crippen LogP contribution in [0.3, 0.4) is 0 Å². The molecule has 0 radical (unpaired) electrons. The van der Waals surface area contributed by atoms with Crippen LogP contribution in [0.1, 0.15) is 0 Å². The van der Waals surface area contributed by atoms with Crippen molar-refractivity contribution in [2.45, 2.75) is 0 Å². The van der Waals surface area contributed by atoms with Crippen LogP contribution in [0.4, 0.5) is 18.9 Å². The van der Waals surface area contributed by atoms with Crippen molar-refractivity contribution in [2.75, 3.05) is 12.8 Å². The maximum absolute atomic E-state index is 14.4. The van der Waals surface area contributed by atoms with E-state index in [1.54, 1.807) is 12.1 Å². The fraction of sp³-hybridized carbons (Fsp3) is 0.0714. The summed E-state index contributed by atoms with van der Waals surface area (Å²) >= 11 is -1.07. The molecule has 6 heteroatoms. The first-order chi connectivity index (χ1) is 9.51. The van der Waals surface area contributed by atoms with E-state index in [0.717, 1.165) is 0 Å². The van der Waals surface area contributed by atoms with Gasteiger partial charge in [-0.3, -0.25) is 0 Å². The van der Waals surface area contributed by atoms with Crippen molar-refractivity contribution < 1.29 is 17.9 Å². The standard InChI is InChI=1S/C14H11F3INO/c1-18-13-11(16)9(10(15)12(17)14(13)19)7-4-3-5-8(6-7)20-2/h3-6H,1,19H2,2H3. The Morgan fingerprint density at radius 3 is 2.45 bits per heavy atom. The minimum Gasteiger partial charge on any atom is -0.497 e. The third kappa shape index (κ3) is 2.39. The van der Waals surface area contributed by atoms with Gasteiger partial charge in [0.1, 0.15) is 11.6 Å². The predicted octanol–water partition coefficient (Wildman–Crippen LogP) is 3.93. The first kappa shape index (κ1) is 14.8. The fourth-order valence-electron chi connectivity index (χ4n) is 1.81. The summed E-state index contributed by atoms with van der Waals surface area (Å²) in [7, 11) is 1.43. The third-order valence-corrected chi connectivity index (χ3v) is 4.61. The molecule has 0 aliphatic rings. The second kappa shape index (κ2) is 5.82. The third-order valence-electron chi connectivity index (χ3n) is 2.79. The molecule has 0 unspecified atom stereocenters. The van der Waals surface area contributed by atoms with Gasteiger partial charge >= 0.3 is 0 Å². The summed E-state index contributed by atoms with van der Waals surface area (Å²) in [5.41, 5.74) is 4.67. The zero-order chi connectivity index (χ0) is 14.9. The lowest BCUT2D eigenvalue weighted by atomic mass is 10.0. The largest absolute Gasteiger partial charge is 0.497 e. The van der Waals surface area contributed by atoms with Gasteiger partial charge < -0.3 is 10.5 Å². The Bertz CT molecular complexity index is 689. The van der Waals surface area contributed by atoms with Crippen molar-refractivity contribution in [3.8, 4) is 16.9 Å². The monoisotopic (exact) mass is 393 g/mol. The first-order valence-corrected chi connectivity index (χ1v) is 8.10. The van der Waals surface area contributed by atoms with Crippen molar-refractivity contribution in [2.24, 2.45) is 0 Å². The van der Waals surface area contributed by atoms with Crippen LogP contribution < -0.4 is 10.5 Å². The van der Waals surface area contributed by atoms with Gasteiger partial charge in [0.15, 0.2) is 11.6 Å². The number of benzene rings is 2. The minimum atomic E-state index is -1.30. The fourth-order valence-corrected chi connectivity index (χ4v) is 3.06. The van der Waals surface area contributed by atoms with Crippen LogP contribution in [-0.4, -0.2) is 11.6 Å². The van der Waals surface area contributed by atoms with E-state index in [4.69, 9.17) is 10.5 Å². The lowest BCUT2D eigenvalue weighted by molar-refractivity contribution is 0.415. The van der Waals surface area contributed by atoms with E-state index in [2.05, 4.69) is 4.51 Å². The Hall–Kier alpha value is -1.57. The van der Waals surface area contributed by atoms with Crippen LogP contribution >= 0.6 is 20.7 Å². The SMILES string of the molecule is C=Ic1c(N)c(F)c(F)c(-c2cccc(OC)c2)c1F. The molecular formula is C14H11F3INO. The molecule has 0 bridgehead atoms. The zero-order valence-electron chi connectivity index (χ0n) is 10.5.